The van der Waals surface area contributed by atoms with Gasteiger partial charge in [-0.05, 0) is 113 Å². The van der Waals surface area contributed by atoms with Gasteiger partial charge in [0, 0.05) is 29.8 Å². The Kier molecular flexibility index (Phi) is 21.4. The van der Waals surface area contributed by atoms with Crippen LogP contribution in [-0.2, 0) is 18.9 Å². The van der Waals surface area contributed by atoms with Crippen LogP contribution in [0.25, 0.3) is 0 Å². The lowest BCUT2D eigenvalue weighted by Crippen LogP contribution is -2.18. The second-order valence-corrected chi connectivity index (χ2v) is 8.59. The molecule has 3 atom stereocenters. The molecule has 194 valence electrons. The topological polar surface area (TPSA) is 36.9 Å². The molecule has 0 heterocycles. The van der Waals surface area contributed by atoms with E-state index in [0.717, 1.165) is 34.9 Å². The summed E-state index contributed by atoms with van der Waals surface area (Å²) in [6.45, 7) is 15.9. The van der Waals surface area contributed by atoms with Crippen LogP contribution in [-0.4, -0.2) is 41.0 Å². The maximum absolute atomic E-state index is 5.64. The third kappa shape index (κ3) is 16.3. The molecule has 0 amide bonds. The van der Waals surface area contributed by atoms with Gasteiger partial charge in [0.15, 0.2) is 0 Å². The van der Waals surface area contributed by atoms with Crippen LogP contribution in [0, 0.1) is 17.8 Å². The van der Waals surface area contributed by atoms with Gasteiger partial charge in [-0.3, -0.25) is 0 Å². The van der Waals surface area contributed by atoms with E-state index in [1.54, 1.807) is 14.2 Å². The highest BCUT2D eigenvalue weighted by Gasteiger charge is 2.24. The first-order valence-corrected chi connectivity index (χ1v) is 12.5. The van der Waals surface area contributed by atoms with Crippen LogP contribution in [0.2, 0.25) is 0 Å². The number of rotatable bonds is 16. The molecule has 5 heteroatoms. The number of methoxy groups -OCH3 is 2. The molecular weight excluding hydrogens is 528 g/mol. The minimum atomic E-state index is 0.0652. The van der Waals surface area contributed by atoms with E-state index in [2.05, 4.69) is 118 Å². The molecule has 0 saturated carbocycles. The quantitative estimate of drug-likeness (QED) is 0.113. The number of halogens is 1. The summed E-state index contributed by atoms with van der Waals surface area (Å²) in [4.78, 5) is 0. The summed E-state index contributed by atoms with van der Waals surface area (Å²) in [6, 6.07) is 0. The van der Waals surface area contributed by atoms with Crippen LogP contribution >= 0.6 is 15.9 Å². The number of ether oxygens (including phenoxy) is 4. The molecule has 0 bridgehead atoms. The van der Waals surface area contributed by atoms with Gasteiger partial charge in [0.25, 0.3) is 0 Å². The molecule has 37 heavy (non-hydrogen) atoms. The maximum atomic E-state index is 5.64. The van der Waals surface area contributed by atoms with Crippen molar-refractivity contribution in [2.45, 2.75) is 33.1 Å². The Labute approximate surface area is 230 Å². The maximum Gasteiger partial charge on any atom is 0.146 e. The van der Waals surface area contributed by atoms with Gasteiger partial charge in [-0.2, -0.15) is 0 Å². The fourth-order valence-corrected chi connectivity index (χ4v) is 3.82. The molecule has 3 unspecified atom stereocenters. The van der Waals surface area contributed by atoms with Crippen molar-refractivity contribution >= 4 is 15.9 Å². The molecule has 0 aromatic carbocycles. The van der Waals surface area contributed by atoms with E-state index < -0.39 is 0 Å². The van der Waals surface area contributed by atoms with Crippen LogP contribution in [0.1, 0.15) is 33.1 Å². The first-order chi connectivity index (χ1) is 18.0. The Morgan fingerprint density at radius 1 is 0.703 bits per heavy atom. The molecule has 0 N–H and O–H groups in total. The normalized spacial score (nSPS) is 11.3. The second-order valence-electron chi connectivity index (χ2n) is 7.74. The predicted molar refractivity (Wildman–Crippen MR) is 150 cm³/mol. The van der Waals surface area contributed by atoms with Crippen molar-refractivity contribution in [2.75, 3.05) is 41.0 Å². The number of allylic oxidation sites excluding steroid dienone is 1. The van der Waals surface area contributed by atoms with Crippen molar-refractivity contribution in [1.82, 2.24) is 0 Å². The van der Waals surface area contributed by atoms with Gasteiger partial charge in [-0.15, -0.1) is 0 Å². The molecule has 4 nitrogen and oxygen atoms in total. The van der Waals surface area contributed by atoms with Gasteiger partial charge in [-0.1, -0.05) is 42.5 Å². The summed E-state index contributed by atoms with van der Waals surface area (Å²) >= 11 is 3.72. The van der Waals surface area contributed by atoms with Gasteiger partial charge in [0.05, 0.1) is 13.2 Å². The fraction of sp³-hybridized carbons (Fsp3) is 0.438. The Bertz CT molecular complexity index is 1210. The van der Waals surface area contributed by atoms with Crippen LogP contribution in [0.4, 0.5) is 0 Å². The van der Waals surface area contributed by atoms with E-state index in [0.29, 0.717) is 13.2 Å². The molecule has 0 rings (SSSR count). The van der Waals surface area contributed by atoms with E-state index in [4.69, 9.17) is 18.9 Å². The summed E-state index contributed by atoms with van der Waals surface area (Å²) in [7, 11) is 3.17. The minimum absolute atomic E-state index is 0.0652. The average Bonchev–Trinajstić information content (AvgIpc) is 2.89. The first-order valence-electron chi connectivity index (χ1n) is 11.7. The molecule has 0 aromatic rings. The largest absolute Gasteiger partial charge is 0.359 e. The van der Waals surface area contributed by atoms with Crippen LogP contribution in [0.5, 0.6) is 0 Å². The smallest absolute Gasteiger partial charge is 0.146 e. The third-order valence-electron chi connectivity index (χ3n) is 5.14. The van der Waals surface area contributed by atoms with Gasteiger partial charge in [-0.25, -0.2) is 0 Å². The fourth-order valence-electron chi connectivity index (χ4n) is 3.35. The first kappa shape index (κ1) is 33.9. The Hall–Kier alpha value is -3.10. The monoisotopic (exact) mass is 562 g/mol. The van der Waals surface area contributed by atoms with Crippen LogP contribution in [0.3, 0.4) is 0 Å². The van der Waals surface area contributed by atoms with Crippen LogP contribution < -0.4 is 0 Å². The van der Waals surface area contributed by atoms with Crippen molar-refractivity contribution < 1.29 is 18.9 Å². The van der Waals surface area contributed by atoms with Crippen molar-refractivity contribution in [3.63, 3.8) is 0 Å². The Morgan fingerprint density at radius 3 is 1.68 bits per heavy atom. The zero-order chi connectivity index (χ0) is 27.7. The molecule has 0 radical (unpaired) electrons. The molecular formula is C32H35BrO4. The zero-order valence-corrected chi connectivity index (χ0v) is 23.9. The number of hydrogen-bond donors (Lipinski definition) is 0. The van der Waals surface area contributed by atoms with Gasteiger partial charge in [0.1, 0.15) is 13.6 Å². The van der Waals surface area contributed by atoms with E-state index in [1.165, 1.54) is 0 Å². The second kappa shape index (κ2) is 23.3. The standard InChI is InChI=1S/C32H35BrO4/c1-8-12-15-18-29(23-36-25-34-6)27(5)21-31(32(33)20-17-14-10-3)22-28(11-4)30(19-16-13-9-2)24-37-26-35-7/h27-28,31H,1-3,11,21-26H2,4-7H3. The molecule has 0 fully saturated rings. The van der Waals surface area contributed by atoms with E-state index >= 15 is 0 Å². The summed E-state index contributed by atoms with van der Waals surface area (Å²) in [5.41, 5.74) is 35.6. The minimum Gasteiger partial charge on any atom is -0.359 e. The van der Waals surface area contributed by atoms with Crippen molar-refractivity contribution in [1.29, 1.82) is 0 Å². The van der Waals surface area contributed by atoms with Gasteiger partial charge < -0.3 is 18.9 Å². The van der Waals surface area contributed by atoms with Gasteiger partial charge >= 0.3 is 0 Å². The van der Waals surface area contributed by atoms with Crippen LogP contribution in [0.15, 0.2) is 104 Å². The highest BCUT2D eigenvalue weighted by Crippen LogP contribution is 2.35. The molecule has 0 aliphatic heterocycles. The van der Waals surface area contributed by atoms with Crippen molar-refractivity contribution in [3.8, 4) is 0 Å². The zero-order valence-electron chi connectivity index (χ0n) is 22.3. The SMILES string of the molecule is C=C=C=C=C=C(COCOC)C(C)CC(CC(CC)C(=C=C=C=C=C)COCOC)C(Br)=C=C=C=C=C. The lowest BCUT2D eigenvalue weighted by Gasteiger charge is -2.26. The third-order valence-corrected chi connectivity index (χ3v) is 5.99. The van der Waals surface area contributed by atoms with Gasteiger partial charge in [0.2, 0.25) is 0 Å². The highest BCUT2D eigenvalue weighted by molar-refractivity contribution is 9.11. The Balaban J connectivity index is 6.51. The summed E-state index contributed by atoms with van der Waals surface area (Å²) in [5, 5.41) is 0. The summed E-state index contributed by atoms with van der Waals surface area (Å²) < 4.78 is 22.2. The van der Waals surface area contributed by atoms with Crippen molar-refractivity contribution in [2.24, 2.45) is 17.8 Å². The molecule has 0 aromatic heterocycles. The average molecular weight is 564 g/mol. The van der Waals surface area contributed by atoms with E-state index in [1.807, 2.05) is 0 Å². The predicted octanol–water partition coefficient (Wildman–Crippen LogP) is 7.17. The summed E-state index contributed by atoms with van der Waals surface area (Å²) in [5.74, 6) is 0.288. The molecule has 0 aliphatic carbocycles. The van der Waals surface area contributed by atoms with E-state index in [-0.39, 0.29) is 31.3 Å². The van der Waals surface area contributed by atoms with Crippen molar-refractivity contribution in [3.05, 3.63) is 104 Å². The molecule has 0 aliphatic rings. The summed E-state index contributed by atoms with van der Waals surface area (Å²) in [6.07, 6.45) is 2.41. The lowest BCUT2D eigenvalue weighted by atomic mass is 9.81. The molecule has 0 spiro atoms. The molecule has 0 saturated heterocycles. The highest BCUT2D eigenvalue weighted by atomic mass is 79.9. The van der Waals surface area contributed by atoms with E-state index in [9.17, 15) is 0 Å². The Morgan fingerprint density at radius 2 is 1.19 bits per heavy atom. The lowest BCUT2D eigenvalue weighted by molar-refractivity contribution is -0.0234. The number of hydrogen-bond acceptors (Lipinski definition) is 4.